The summed E-state index contributed by atoms with van der Waals surface area (Å²) in [5.74, 6) is -0.911. The number of carboxylic acids is 1. The van der Waals surface area contributed by atoms with Crippen molar-refractivity contribution in [2.75, 3.05) is 13.7 Å². The van der Waals surface area contributed by atoms with Crippen molar-refractivity contribution in [3.63, 3.8) is 0 Å². The van der Waals surface area contributed by atoms with E-state index in [4.69, 9.17) is 9.84 Å². The Morgan fingerprint density at radius 2 is 2.15 bits per heavy atom. The molecule has 0 aliphatic carbocycles. The van der Waals surface area contributed by atoms with Crippen molar-refractivity contribution in [1.82, 2.24) is 4.31 Å². The van der Waals surface area contributed by atoms with Crippen LogP contribution in [0.3, 0.4) is 0 Å². The van der Waals surface area contributed by atoms with Gasteiger partial charge in [-0.15, -0.1) is 0 Å². The minimum atomic E-state index is -3.99. The number of sulfonamides is 1. The number of aliphatic carboxylic acids is 1. The van der Waals surface area contributed by atoms with Crippen LogP contribution in [0.4, 0.5) is 0 Å². The number of rotatable bonds is 4. The molecular formula is C12H15NO6S. The third-order valence-electron chi connectivity index (χ3n) is 3.17. The number of carboxylic acid groups (broad SMARTS) is 1. The van der Waals surface area contributed by atoms with Crippen LogP contribution in [-0.2, 0) is 14.8 Å². The first-order valence-corrected chi connectivity index (χ1v) is 7.37. The molecule has 0 aromatic heterocycles. The van der Waals surface area contributed by atoms with Gasteiger partial charge in [-0.1, -0.05) is 6.07 Å². The van der Waals surface area contributed by atoms with Crippen LogP contribution in [0.5, 0.6) is 5.75 Å². The summed E-state index contributed by atoms with van der Waals surface area (Å²) >= 11 is 0. The van der Waals surface area contributed by atoms with Gasteiger partial charge in [-0.2, -0.15) is 4.31 Å². The topological polar surface area (TPSA) is 104 Å². The molecule has 1 fully saturated rings. The zero-order chi connectivity index (χ0) is 14.9. The quantitative estimate of drug-likeness (QED) is 0.805. The Morgan fingerprint density at radius 1 is 1.45 bits per heavy atom. The molecule has 0 amide bonds. The maximum absolute atomic E-state index is 12.5. The Balaban J connectivity index is 2.40. The molecule has 2 rings (SSSR count). The second-order valence-electron chi connectivity index (χ2n) is 4.50. The third-order valence-corrected chi connectivity index (χ3v) is 5.04. The predicted octanol–water partition coefficient (Wildman–Crippen LogP) is -0.0963. The van der Waals surface area contributed by atoms with E-state index in [0.29, 0.717) is 5.75 Å². The van der Waals surface area contributed by atoms with Gasteiger partial charge in [0.2, 0.25) is 10.0 Å². The molecule has 1 aliphatic heterocycles. The van der Waals surface area contributed by atoms with Gasteiger partial charge in [0.25, 0.3) is 0 Å². The minimum absolute atomic E-state index is 0.0581. The molecule has 0 unspecified atom stereocenters. The lowest BCUT2D eigenvalue weighted by atomic mass is 10.2. The van der Waals surface area contributed by atoms with Gasteiger partial charge in [0.1, 0.15) is 11.8 Å². The number of aliphatic hydroxyl groups excluding tert-OH is 1. The summed E-state index contributed by atoms with van der Waals surface area (Å²) in [4.78, 5) is 11.1. The van der Waals surface area contributed by atoms with Crippen LogP contribution in [0.25, 0.3) is 0 Å². The average Bonchev–Trinajstić information content (AvgIpc) is 2.82. The van der Waals surface area contributed by atoms with Crippen molar-refractivity contribution < 1.29 is 28.2 Å². The van der Waals surface area contributed by atoms with Gasteiger partial charge in [-0.05, 0) is 12.1 Å². The van der Waals surface area contributed by atoms with Crippen LogP contribution in [0, 0.1) is 0 Å². The van der Waals surface area contributed by atoms with Gasteiger partial charge < -0.3 is 14.9 Å². The summed E-state index contributed by atoms with van der Waals surface area (Å²) in [6, 6.07) is 4.53. The highest BCUT2D eigenvalue weighted by molar-refractivity contribution is 7.89. The van der Waals surface area contributed by atoms with E-state index in [1.807, 2.05) is 0 Å². The lowest BCUT2D eigenvalue weighted by Crippen LogP contribution is -2.40. The molecule has 1 heterocycles. The number of aliphatic hydroxyl groups is 1. The predicted molar refractivity (Wildman–Crippen MR) is 68.9 cm³/mol. The number of nitrogens with zero attached hydrogens (tertiary/aromatic N) is 1. The lowest BCUT2D eigenvalue weighted by molar-refractivity contribution is -0.140. The third kappa shape index (κ3) is 2.62. The van der Waals surface area contributed by atoms with E-state index < -0.39 is 28.1 Å². The largest absolute Gasteiger partial charge is 0.497 e. The molecular weight excluding hydrogens is 286 g/mol. The van der Waals surface area contributed by atoms with Gasteiger partial charge in [0, 0.05) is 19.0 Å². The van der Waals surface area contributed by atoms with Crippen LogP contribution < -0.4 is 4.74 Å². The van der Waals surface area contributed by atoms with Crippen molar-refractivity contribution in [2.45, 2.75) is 23.5 Å². The summed E-state index contributed by atoms with van der Waals surface area (Å²) in [5, 5.41) is 18.6. The van der Waals surface area contributed by atoms with Gasteiger partial charge in [0.15, 0.2) is 0 Å². The number of β-amino-alcohol motifs (C(OH)–C–C–N with tert-alkyl or cyclic N) is 1. The fourth-order valence-electron chi connectivity index (χ4n) is 2.17. The summed E-state index contributed by atoms with van der Waals surface area (Å²) in [6.45, 7) is -0.226. The Labute approximate surface area is 116 Å². The van der Waals surface area contributed by atoms with Crippen LogP contribution in [0.2, 0.25) is 0 Å². The van der Waals surface area contributed by atoms with Crippen molar-refractivity contribution >= 4 is 16.0 Å². The smallest absolute Gasteiger partial charge is 0.322 e. The van der Waals surface area contributed by atoms with Crippen LogP contribution in [-0.4, -0.2) is 54.7 Å². The Hall–Kier alpha value is -1.64. The van der Waals surface area contributed by atoms with E-state index in [1.165, 1.54) is 25.3 Å². The standard InChI is InChI=1S/C12H15NO6S/c1-19-9-3-2-4-10(6-9)20(17,18)13-7-8(14)5-11(13)12(15)16/h2-4,6,8,11,14H,5,7H2,1H3,(H,15,16)/t8-,11-/m0/s1. The summed E-state index contributed by atoms with van der Waals surface area (Å²) in [6.07, 6.45) is -1.09. The van der Waals surface area contributed by atoms with E-state index in [1.54, 1.807) is 6.07 Å². The van der Waals surface area contributed by atoms with Crippen molar-refractivity contribution in [2.24, 2.45) is 0 Å². The maximum Gasteiger partial charge on any atom is 0.322 e. The molecule has 7 nitrogen and oxygen atoms in total. The number of hydrogen-bond donors (Lipinski definition) is 2. The molecule has 1 saturated heterocycles. The SMILES string of the molecule is COc1cccc(S(=O)(=O)N2C[C@@H](O)C[C@H]2C(=O)O)c1. The highest BCUT2D eigenvalue weighted by Gasteiger charge is 2.43. The number of benzene rings is 1. The lowest BCUT2D eigenvalue weighted by Gasteiger charge is -2.20. The Kier molecular flexibility index (Phi) is 3.98. The number of methoxy groups -OCH3 is 1. The number of hydrogen-bond acceptors (Lipinski definition) is 5. The number of ether oxygens (including phenoxy) is 1. The van der Waals surface area contributed by atoms with Crippen LogP contribution >= 0.6 is 0 Å². The van der Waals surface area contributed by atoms with Gasteiger partial charge >= 0.3 is 5.97 Å². The molecule has 8 heteroatoms. The highest BCUT2D eigenvalue weighted by Crippen LogP contribution is 2.28. The Bertz CT molecular complexity index is 614. The first-order chi connectivity index (χ1) is 9.36. The average molecular weight is 301 g/mol. The molecule has 2 N–H and O–H groups in total. The van der Waals surface area contributed by atoms with Gasteiger partial charge in [-0.25, -0.2) is 8.42 Å². The molecule has 2 atom stereocenters. The zero-order valence-corrected chi connectivity index (χ0v) is 11.6. The van der Waals surface area contributed by atoms with Crippen molar-refractivity contribution in [3.8, 4) is 5.75 Å². The van der Waals surface area contributed by atoms with Gasteiger partial charge in [0.05, 0.1) is 18.1 Å². The van der Waals surface area contributed by atoms with E-state index in [0.717, 1.165) is 4.31 Å². The minimum Gasteiger partial charge on any atom is -0.497 e. The fraction of sp³-hybridized carbons (Fsp3) is 0.417. The second kappa shape index (κ2) is 5.39. The van der Waals surface area contributed by atoms with Gasteiger partial charge in [-0.3, -0.25) is 4.79 Å². The fourth-order valence-corrected chi connectivity index (χ4v) is 3.84. The normalized spacial score (nSPS) is 23.7. The molecule has 0 radical (unpaired) electrons. The van der Waals surface area contributed by atoms with Crippen molar-refractivity contribution in [3.05, 3.63) is 24.3 Å². The molecule has 1 aliphatic rings. The van der Waals surface area contributed by atoms with Crippen LogP contribution in [0.15, 0.2) is 29.2 Å². The molecule has 1 aromatic rings. The maximum atomic E-state index is 12.5. The molecule has 1 aromatic carbocycles. The van der Waals surface area contributed by atoms with E-state index in [2.05, 4.69) is 0 Å². The first kappa shape index (κ1) is 14.8. The highest BCUT2D eigenvalue weighted by atomic mass is 32.2. The summed E-state index contributed by atoms with van der Waals surface area (Å²) in [5.41, 5.74) is 0. The van der Waals surface area contributed by atoms with Crippen molar-refractivity contribution in [1.29, 1.82) is 0 Å². The monoisotopic (exact) mass is 301 g/mol. The first-order valence-electron chi connectivity index (χ1n) is 5.93. The van der Waals surface area contributed by atoms with E-state index in [9.17, 15) is 18.3 Å². The molecule has 0 spiro atoms. The molecule has 110 valence electrons. The zero-order valence-electron chi connectivity index (χ0n) is 10.8. The molecule has 20 heavy (non-hydrogen) atoms. The second-order valence-corrected chi connectivity index (χ2v) is 6.39. The summed E-state index contributed by atoms with van der Waals surface area (Å²) < 4.78 is 30.7. The summed E-state index contributed by atoms with van der Waals surface area (Å²) in [7, 11) is -2.58. The Morgan fingerprint density at radius 3 is 2.75 bits per heavy atom. The molecule has 0 bridgehead atoms. The van der Waals surface area contributed by atoms with E-state index in [-0.39, 0.29) is 17.9 Å². The number of carbonyl (C=O) groups is 1. The van der Waals surface area contributed by atoms with E-state index >= 15 is 0 Å². The van der Waals surface area contributed by atoms with Crippen LogP contribution in [0.1, 0.15) is 6.42 Å². The molecule has 0 saturated carbocycles.